The lowest BCUT2D eigenvalue weighted by Gasteiger charge is -2.25. The number of nitrogens with two attached hydrogens (primary N) is 1. The van der Waals surface area contributed by atoms with Gasteiger partial charge < -0.3 is 47.3 Å². The number of rotatable bonds is 15. The molecular formula is C20H33N7O8. The Bertz CT molecular complexity index is 862. The maximum Gasteiger partial charge on any atom is 0.322 e. The van der Waals surface area contributed by atoms with Crippen molar-refractivity contribution in [2.75, 3.05) is 19.8 Å². The summed E-state index contributed by atoms with van der Waals surface area (Å²) in [5.74, 6) is -4.61. The van der Waals surface area contributed by atoms with Gasteiger partial charge in [0.15, 0.2) is 0 Å². The molecular weight excluding hydrogens is 466 g/mol. The highest BCUT2D eigenvalue weighted by atomic mass is 16.4. The lowest BCUT2D eigenvalue weighted by molar-refractivity contribution is -0.138. The standard InChI is InChI=1S/C20H33N7O8/c1-10(2)3-13(18(33)23-6-16(30)31)26-20(35)15(8-29)27-19(34)14(4-11-5-22-9-24-11)25-17(32)12(21)7-28/h5,9-10,12-15,28-29H,3-4,6-8,21H2,1-2H3,(H,22,24)(H,23,33)(H,25,32)(H,26,35)(H,27,34)(H,30,31)/t12-,13-,14-,15-/m0/s1. The number of carbonyl (C=O) groups excluding carboxylic acids is 4. The number of aliphatic hydroxyl groups excluding tert-OH is 2. The first-order valence-corrected chi connectivity index (χ1v) is 10.8. The molecule has 1 heterocycles. The van der Waals surface area contributed by atoms with Crippen molar-refractivity contribution in [1.82, 2.24) is 31.2 Å². The van der Waals surface area contributed by atoms with Gasteiger partial charge in [-0.15, -0.1) is 0 Å². The van der Waals surface area contributed by atoms with Crippen LogP contribution in [0.25, 0.3) is 0 Å². The average Bonchev–Trinajstić information content (AvgIpc) is 3.31. The molecule has 0 fully saturated rings. The largest absolute Gasteiger partial charge is 0.480 e. The van der Waals surface area contributed by atoms with Gasteiger partial charge in [-0.05, 0) is 12.3 Å². The smallest absolute Gasteiger partial charge is 0.322 e. The molecule has 1 rings (SSSR count). The summed E-state index contributed by atoms with van der Waals surface area (Å²) in [7, 11) is 0. The van der Waals surface area contributed by atoms with Crippen LogP contribution >= 0.6 is 0 Å². The van der Waals surface area contributed by atoms with E-state index < -0.39 is 73.5 Å². The summed E-state index contributed by atoms with van der Waals surface area (Å²) in [6.07, 6.45) is 2.88. The van der Waals surface area contributed by atoms with Gasteiger partial charge in [0.1, 0.15) is 30.7 Å². The van der Waals surface area contributed by atoms with Gasteiger partial charge in [0.2, 0.25) is 23.6 Å². The van der Waals surface area contributed by atoms with Gasteiger partial charge in [0.05, 0.1) is 19.5 Å². The van der Waals surface area contributed by atoms with Crippen LogP contribution in [0.1, 0.15) is 26.0 Å². The second-order valence-corrected chi connectivity index (χ2v) is 8.18. The molecule has 10 N–H and O–H groups in total. The molecule has 0 unspecified atom stereocenters. The zero-order valence-corrected chi connectivity index (χ0v) is 19.5. The molecule has 0 bridgehead atoms. The summed E-state index contributed by atoms with van der Waals surface area (Å²) in [5, 5.41) is 36.8. The summed E-state index contributed by atoms with van der Waals surface area (Å²) in [6, 6.07) is -5.13. The monoisotopic (exact) mass is 499 g/mol. The molecule has 4 amide bonds. The number of amides is 4. The van der Waals surface area contributed by atoms with E-state index in [0.29, 0.717) is 5.69 Å². The summed E-state index contributed by atoms with van der Waals surface area (Å²) < 4.78 is 0. The van der Waals surface area contributed by atoms with Gasteiger partial charge >= 0.3 is 5.97 Å². The number of nitrogens with one attached hydrogen (secondary N) is 5. The van der Waals surface area contributed by atoms with Crippen molar-refractivity contribution in [3.63, 3.8) is 0 Å². The number of carboxylic acid groups (broad SMARTS) is 1. The molecule has 0 aromatic carbocycles. The van der Waals surface area contributed by atoms with E-state index in [0.717, 1.165) is 0 Å². The van der Waals surface area contributed by atoms with Crippen LogP contribution in [-0.2, 0) is 30.4 Å². The van der Waals surface area contributed by atoms with Gasteiger partial charge in [-0.2, -0.15) is 0 Å². The Morgan fingerprint density at radius 1 is 0.943 bits per heavy atom. The van der Waals surface area contributed by atoms with Gasteiger partial charge in [0, 0.05) is 18.3 Å². The lowest BCUT2D eigenvalue weighted by Crippen LogP contribution is -2.59. The molecule has 4 atom stereocenters. The SMILES string of the molecule is CC(C)C[C@H](NC(=O)[C@H](CO)NC(=O)[C@H](Cc1cnc[nH]1)NC(=O)[C@@H](N)CO)C(=O)NCC(=O)O. The number of aliphatic hydroxyl groups is 2. The Kier molecular flexibility index (Phi) is 12.3. The molecule has 35 heavy (non-hydrogen) atoms. The first-order chi connectivity index (χ1) is 16.5. The Hall–Kier alpha value is -3.56. The lowest BCUT2D eigenvalue weighted by atomic mass is 10.0. The van der Waals surface area contributed by atoms with Crippen LogP contribution in [0.5, 0.6) is 0 Å². The molecule has 1 aromatic rings. The van der Waals surface area contributed by atoms with Crippen molar-refractivity contribution in [3.8, 4) is 0 Å². The fourth-order valence-electron chi connectivity index (χ4n) is 2.91. The third kappa shape index (κ3) is 10.5. The predicted octanol–water partition coefficient (Wildman–Crippen LogP) is -4.03. The molecule has 0 saturated carbocycles. The number of carbonyl (C=O) groups is 5. The molecule has 15 nitrogen and oxygen atoms in total. The highest BCUT2D eigenvalue weighted by Gasteiger charge is 2.30. The van der Waals surface area contributed by atoms with Crippen LogP contribution in [0.2, 0.25) is 0 Å². The number of aliphatic carboxylic acids is 1. The van der Waals surface area contributed by atoms with E-state index in [2.05, 4.69) is 31.2 Å². The van der Waals surface area contributed by atoms with Crippen LogP contribution in [0.15, 0.2) is 12.5 Å². The van der Waals surface area contributed by atoms with E-state index in [1.165, 1.54) is 12.5 Å². The van der Waals surface area contributed by atoms with E-state index in [4.69, 9.17) is 15.9 Å². The van der Waals surface area contributed by atoms with Crippen molar-refractivity contribution in [2.24, 2.45) is 11.7 Å². The zero-order valence-electron chi connectivity index (χ0n) is 19.5. The Morgan fingerprint density at radius 2 is 1.54 bits per heavy atom. The molecule has 196 valence electrons. The van der Waals surface area contributed by atoms with E-state index in [-0.39, 0.29) is 18.8 Å². The quantitative estimate of drug-likeness (QED) is 0.113. The van der Waals surface area contributed by atoms with Gasteiger partial charge in [0.25, 0.3) is 0 Å². The fraction of sp³-hybridized carbons (Fsp3) is 0.600. The summed E-state index contributed by atoms with van der Waals surface area (Å²) in [6.45, 7) is 1.44. The highest BCUT2D eigenvalue weighted by Crippen LogP contribution is 2.06. The first kappa shape index (κ1) is 29.5. The second-order valence-electron chi connectivity index (χ2n) is 8.18. The van der Waals surface area contributed by atoms with Crippen LogP contribution < -0.4 is 27.0 Å². The molecule has 1 aromatic heterocycles. The minimum Gasteiger partial charge on any atom is -0.480 e. The van der Waals surface area contributed by atoms with Gasteiger partial charge in [-0.3, -0.25) is 24.0 Å². The van der Waals surface area contributed by atoms with Crippen LogP contribution in [0.4, 0.5) is 0 Å². The molecule has 0 spiro atoms. The second kappa shape index (κ2) is 14.6. The Labute approximate surface area is 201 Å². The summed E-state index contributed by atoms with van der Waals surface area (Å²) in [5.41, 5.74) is 5.96. The molecule has 0 radical (unpaired) electrons. The van der Waals surface area contributed by atoms with Crippen molar-refractivity contribution in [1.29, 1.82) is 0 Å². The zero-order chi connectivity index (χ0) is 26.5. The molecule has 0 saturated heterocycles. The summed E-state index contributed by atoms with van der Waals surface area (Å²) in [4.78, 5) is 67.3. The average molecular weight is 500 g/mol. The summed E-state index contributed by atoms with van der Waals surface area (Å²) >= 11 is 0. The van der Waals surface area contributed by atoms with E-state index in [9.17, 15) is 29.1 Å². The van der Waals surface area contributed by atoms with Crippen molar-refractivity contribution in [2.45, 2.75) is 50.9 Å². The van der Waals surface area contributed by atoms with E-state index in [1.54, 1.807) is 13.8 Å². The number of imidazole rings is 1. The minimum atomic E-state index is -1.49. The van der Waals surface area contributed by atoms with Crippen molar-refractivity contribution in [3.05, 3.63) is 18.2 Å². The van der Waals surface area contributed by atoms with Crippen LogP contribution in [0, 0.1) is 5.92 Å². The molecule has 0 aliphatic carbocycles. The van der Waals surface area contributed by atoms with Gasteiger partial charge in [-0.1, -0.05) is 13.8 Å². The predicted molar refractivity (Wildman–Crippen MR) is 120 cm³/mol. The van der Waals surface area contributed by atoms with Crippen LogP contribution in [-0.4, -0.2) is 98.8 Å². The number of H-pyrrole nitrogens is 1. The van der Waals surface area contributed by atoms with Crippen molar-refractivity contribution >= 4 is 29.6 Å². The highest BCUT2D eigenvalue weighted by molar-refractivity contribution is 5.95. The van der Waals surface area contributed by atoms with E-state index in [1.807, 2.05) is 0 Å². The van der Waals surface area contributed by atoms with Gasteiger partial charge in [-0.25, -0.2) is 4.98 Å². The number of aromatic nitrogens is 2. The third-order valence-electron chi connectivity index (χ3n) is 4.71. The fourth-order valence-corrected chi connectivity index (χ4v) is 2.91. The van der Waals surface area contributed by atoms with E-state index >= 15 is 0 Å². The van der Waals surface area contributed by atoms with Crippen LogP contribution in [0.3, 0.4) is 0 Å². The number of hydrogen-bond acceptors (Lipinski definition) is 9. The molecule has 0 aliphatic heterocycles. The molecule has 15 heteroatoms. The normalized spacial score (nSPS) is 14.3. The minimum absolute atomic E-state index is 0.0530. The maximum atomic E-state index is 12.9. The number of nitrogens with zero attached hydrogens (tertiary/aromatic N) is 1. The Morgan fingerprint density at radius 3 is 2.06 bits per heavy atom. The maximum absolute atomic E-state index is 12.9. The van der Waals surface area contributed by atoms with Crippen molar-refractivity contribution < 1.29 is 39.3 Å². The molecule has 0 aliphatic rings. The third-order valence-corrected chi connectivity index (χ3v) is 4.71. The topological polar surface area (TPSA) is 249 Å². The number of aromatic amines is 1. The Balaban J connectivity index is 2.94. The number of hydrogen-bond donors (Lipinski definition) is 9. The number of carboxylic acids is 1. The first-order valence-electron chi connectivity index (χ1n) is 10.8.